The first-order valence-electron chi connectivity index (χ1n) is 5.46. The van der Waals surface area contributed by atoms with E-state index in [1.807, 2.05) is 0 Å². The van der Waals surface area contributed by atoms with Crippen molar-refractivity contribution in [3.8, 4) is 0 Å². The third-order valence-electron chi connectivity index (χ3n) is 2.97. The van der Waals surface area contributed by atoms with E-state index in [0.717, 1.165) is 0 Å². The Kier molecular flexibility index (Phi) is 3.44. The van der Waals surface area contributed by atoms with Crippen molar-refractivity contribution in [1.29, 1.82) is 0 Å². The number of anilines is 1. The van der Waals surface area contributed by atoms with Crippen LogP contribution < -0.4 is 4.90 Å². The van der Waals surface area contributed by atoms with Crippen LogP contribution in [-0.2, 0) is 9.59 Å². The van der Waals surface area contributed by atoms with Crippen LogP contribution in [0.5, 0.6) is 0 Å². The van der Waals surface area contributed by atoms with Gasteiger partial charge in [-0.2, -0.15) is 0 Å². The molecule has 2 rings (SSSR count). The first kappa shape index (κ1) is 13.4. The zero-order valence-electron chi connectivity index (χ0n) is 9.67. The van der Waals surface area contributed by atoms with Gasteiger partial charge in [-0.25, -0.2) is 4.79 Å². The number of carboxylic acids is 2. The van der Waals surface area contributed by atoms with Crippen molar-refractivity contribution in [3.05, 3.63) is 28.8 Å². The van der Waals surface area contributed by atoms with Crippen molar-refractivity contribution < 1.29 is 24.6 Å². The molecule has 19 heavy (non-hydrogen) atoms. The van der Waals surface area contributed by atoms with Gasteiger partial charge in [-0.05, 0) is 18.2 Å². The molecule has 1 saturated heterocycles. The van der Waals surface area contributed by atoms with Gasteiger partial charge in [-0.3, -0.25) is 9.59 Å². The standard InChI is InChI=1S/C12H10ClNO5/c13-9-2-1-7(4-8(9)12(18)19)14-5-6(11(16)17)3-10(14)15/h1-2,4,6H,3,5H2,(H,16,17)(H,18,19)/t6-/m0/s1. The SMILES string of the molecule is O=C(O)c1cc(N2C[C@@H](C(=O)O)CC2=O)ccc1Cl. The van der Waals surface area contributed by atoms with Crippen molar-refractivity contribution in [2.45, 2.75) is 6.42 Å². The lowest BCUT2D eigenvalue weighted by molar-refractivity contribution is -0.141. The summed E-state index contributed by atoms with van der Waals surface area (Å²) in [6.07, 6.45) is -0.0830. The predicted molar refractivity (Wildman–Crippen MR) is 66.5 cm³/mol. The molecule has 7 heteroatoms. The molecule has 0 bridgehead atoms. The second-order valence-corrected chi connectivity index (χ2v) is 4.62. The maximum atomic E-state index is 11.7. The van der Waals surface area contributed by atoms with Gasteiger partial charge in [-0.15, -0.1) is 0 Å². The maximum Gasteiger partial charge on any atom is 0.337 e. The maximum absolute atomic E-state index is 11.7. The molecule has 0 spiro atoms. The Morgan fingerprint density at radius 1 is 1.32 bits per heavy atom. The lowest BCUT2D eigenvalue weighted by Crippen LogP contribution is -2.26. The Morgan fingerprint density at radius 3 is 2.53 bits per heavy atom. The Morgan fingerprint density at radius 2 is 2.00 bits per heavy atom. The predicted octanol–water partition coefficient (Wildman–Crippen LogP) is 1.48. The molecule has 100 valence electrons. The monoisotopic (exact) mass is 283 g/mol. The smallest absolute Gasteiger partial charge is 0.337 e. The minimum absolute atomic E-state index is 0.0366. The molecular formula is C12H10ClNO5. The average Bonchev–Trinajstić information content (AvgIpc) is 2.72. The van der Waals surface area contributed by atoms with Gasteiger partial charge in [0, 0.05) is 18.7 Å². The highest BCUT2D eigenvalue weighted by molar-refractivity contribution is 6.33. The summed E-state index contributed by atoms with van der Waals surface area (Å²) in [6, 6.07) is 4.14. The number of carboxylic acid groups (broad SMARTS) is 2. The number of aromatic carboxylic acids is 1. The van der Waals surface area contributed by atoms with Gasteiger partial charge in [0.2, 0.25) is 5.91 Å². The molecule has 0 aliphatic carbocycles. The van der Waals surface area contributed by atoms with Crippen LogP contribution in [0.25, 0.3) is 0 Å². The van der Waals surface area contributed by atoms with Gasteiger partial charge >= 0.3 is 11.9 Å². The van der Waals surface area contributed by atoms with Crippen molar-refractivity contribution in [2.75, 3.05) is 11.4 Å². The molecule has 1 aliphatic rings. The van der Waals surface area contributed by atoms with Crippen LogP contribution in [0.3, 0.4) is 0 Å². The molecule has 0 saturated carbocycles. The van der Waals surface area contributed by atoms with Crippen molar-refractivity contribution in [3.63, 3.8) is 0 Å². The minimum Gasteiger partial charge on any atom is -0.481 e. The second kappa shape index (κ2) is 4.89. The first-order chi connectivity index (χ1) is 8.90. The van der Waals surface area contributed by atoms with Gasteiger partial charge in [-0.1, -0.05) is 11.6 Å². The van der Waals surface area contributed by atoms with E-state index in [9.17, 15) is 14.4 Å². The molecular weight excluding hydrogens is 274 g/mol. The quantitative estimate of drug-likeness (QED) is 0.876. The van der Waals surface area contributed by atoms with Gasteiger partial charge in [0.25, 0.3) is 0 Å². The number of carbonyl (C=O) groups is 3. The van der Waals surface area contributed by atoms with Crippen LogP contribution in [0.1, 0.15) is 16.8 Å². The Hall–Kier alpha value is -2.08. The Bertz CT molecular complexity index is 571. The second-order valence-electron chi connectivity index (χ2n) is 4.21. The number of aliphatic carboxylic acids is 1. The molecule has 1 aromatic carbocycles. The summed E-state index contributed by atoms with van der Waals surface area (Å²) >= 11 is 5.74. The molecule has 1 fully saturated rings. The summed E-state index contributed by atoms with van der Waals surface area (Å²) in [5.41, 5.74) is 0.223. The molecule has 0 unspecified atom stereocenters. The molecule has 1 heterocycles. The molecule has 1 aliphatic heterocycles. The number of hydrogen-bond donors (Lipinski definition) is 2. The van der Waals surface area contributed by atoms with E-state index in [1.54, 1.807) is 0 Å². The molecule has 1 atom stereocenters. The number of hydrogen-bond acceptors (Lipinski definition) is 3. The Labute approximate surface area is 113 Å². The summed E-state index contributed by atoms with van der Waals surface area (Å²) in [7, 11) is 0. The van der Waals surface area contributed by atoms with Gasteiger partial charge in [0.05, 0.1) is 16.5 Å². The lowest BCUT2D eigenvalue weighted by Gasteiger charge is -2.17. The van der Waals surface area contributed by atoms with Gasteiger partial charge in [0.15, 0.2) is 0 Å². The van der Waals surface area contributed by atoms with E-state index in [-0.39, 0.29) is 29.5 Å². The van der Waals surface area contributed by atoms with Crippen LogP contribution in [0.2, 0.25) is 5.02 Å². The van der Waals surface area contributed by atoms with E-state index in [1.165, 1.54) is 23.1 Å². The van der Waals surface area contributed by atoms with E-state index in [2.05, 4.69) is 0 Å². The highest BCUT2D eigenvalue weighted by atomic mass is 35.5. The summed E-state index contributed by atoms with van der Waals surface area (Å²) in [4.78, 5) is 34.8. The normalized spacial score (nSPS) is 18.7. The van der Waals surface area contributed by atoms with Crippen molar-refractivity contribution >= 4 is 35.1 Å². The molecule has 1 amide bonds. The number of nitrogens with zero attached hydrogens (tertiary/aromatic N) is 1. The molecule has 1 aromatic rings. The summed E-state index contributed by atoms with van der Waals surface area (Å²) < 4.78 is 0. The number of carbonyl (C=O) groups excluding carboxylic acids is 1. The van der Waals surface area contributed by atoms with E-state index in [0.29, 0.717) is 5.69 Å². The van der Waals surface area contributed by atoms with Crippen molar-refractivity contribution in [1.82, 2.24) is 0 Å². The highest BCUT2D eigenvalue weighted by Crippen LogP contribution is 2.28. The van der Waals surface area contributed by atoms with Gasteiger partial charge < -0.3 is 15.1 Å². The fourth-order valence-corrected chi connectivity index (χ4v) is 2.17. The largest absolute Gasteiger partial charge is 0.481 e. The Balaban J connectivity index is 2.33. The van der Waals surface area contributed by atoms with E-state index >= 15 is 0 Å². The topological polar surface area (TPSA) is 94.9 Å². The zero-order valence-corrected chi connectivity index (χ0v) is 10.4. The molecule has 2 N–H and O–H groups in total. The fraction of sp³-hybridized carbons (Fsp3) is 0.250. The number of halogens is 1. The van der Waals surface area contributed by atoms with Crippen LogP contribution in [0, 0.1) is 5.92 Å². The highest BCUT2D eigenvalue weighted by Gasteiger charge is 2.35. The van der Waals surface area contributed by atoms with Crippen LogP contribution in [0.4, 0.5) is 5.69 Å². The van der Waals surface area contributed by atoms with Crippen LogP contribution in [-0.4, -0.2) is 34.6 Å². The molecule has 6 nitrogen and oxygen atoms in total. The lowest BCUT2D eigenvalue weighted by atomic mass is 10.1. The molecule has 0 radical (unpaired) electrons. The summed E-state index contributed by atoms with van der Waals surface area (Å²) in [5.74, 6) is -3.35. The number of rotatable bonds is 3. The van der Waals surface area contributed by atoms with Gasteiger partial charge in [0.1, 0.15) is 0 Å². The van der Waals surface area contributed by atoms with Crippen LogP contribution in [0.15, 0.2) is 18.2 Å². The number of benzene rings is 1. The first-order valence-corrected chi connectivity index (χ1v) is 5.84. The zero-order chi connectivity index (χ0) is 14.2. The van der Waals surface area contributed by atoms with Crippen molar-refractivity contribution in [2.24, 2.45) is 5.92 Å². The average molecular weight is 284 g/mol. The molecule has 0 aromatic heterocycles. The minimum atomic E-state index is -1.20. The summed E-state index contributed by atoms with van der Waals surface area (Å²) in [6.45, 7) is 0.0366. The third kappa shape index (κ3) is 2.53. The van der Waals surface area contributed by atoms with E-state index in [4.69, 9.17) is 21.8 Å². The number of amides is 1. The van der Waals surface area contributed by atoms with E-state index < -0.39 is 17.9 Å². The fourth-order valence-electron chi connectivity index (χ4n) is 1.97. The summed E-state index contributed by atoms with van der Waals surface area (Å²) in [5, 5.41) is 17.9. The van der Waals surface area contributed by atoms with Crippen LogP contribution >= 0.6 is 11.6 Å². The third-order valence-corrected chi connectivity index (χ3v) is 3.30.